The van der Waals surface area contributed by atoms with Crippen LogP contribution in [0, 0.1) is 0 Å². The molecule has 118 valence electrons. The first-order valence-electron chi connectivity index (χ1n) is 6.36. The molecule has 1 heterocycles. The van der Waals surface area contributed by atoms with Gasteiger partial charge < -0.3 is 5.11 Å². The molecule has 0 aliphatic heterocycles. The van der Waals surface area contributed by atoms with Gasteiger partial charge in [-0.3, -0.25) is 9.82 Å². The maximum Gasteiger partial charge on any atom is 0.335 e. The molecule has 2 aromatic carbocycles. The van der Waals surface area contributed by atoms with Crippen molar-refractivity contribution in [3.05, 3.63) is 52.5 Å². The Morgan fingerprint density at radius 1 is 1.22 bits per heavy atom. The predicted molar refractivity (Wildman–Crippen MR) is 88.0 cm³/mol. The van der Waals surface area contributed by atoms with Gasteiger partial charge in [0.25, 0.3) is 10.0 Å². The number of carbonyl (C=O) groups is 1. The molecule has 3 rings (SSSR count). The van der Waals surface area contributed by atoms with Crippen LogP contribution in [0.5, 0.6) is 0 Å². The van der Waals surface area contributed by atoms with Crippen LogP contribution in [0.25, 0.3) is 10.9 Å². The van der Waals surface area contributed by atoms with E-state index in [0.717, 1.165) is 0 Å². The topological polar surface area (TPSA) is 112 Å². The minimum atomic E-state index is -3.84. The highest BCUT2D eigenvalue weighted by molar-refractivity contribution is 9.10. The number of aromatic carboxylic acids is 1. The highest BCUT2D eigenvalue weighted by Crippen LogP contribution is 2.25. The van der Waals surface area contributed by atoms with Gasteiger partial charge in [-0.2, -0.15) is 5.10 Å². The Bertz CT molecular complexity index is 1010. The van der Waals surface area contributed by atoms with Crippen molar-refractivity contribution in [3.63, 3.8) is 0 Å². The van der Waals surface area contributed by atoms with Crippen molar-refractivity contribution >= 4 is 48.6 Å². The van der Waals surface area contributed by atoms with Crippen molar-refractivity contribution in [1.29, 1.82) is 0 Å². The van der Waals surface area contributed by atoms with Gasteiger partial charge in [0.05, 0.1) is 16.0 Å². The second kappa shape index (κ2) is 5.67. The molecule has 0 aliphatic carbocycles. The normalized spacial score (nSPS) is 11.5. The molecule has 0 saturated heterocycles. The fraction of sp³-hybridized carbons (Fsp3) is 0. The maximum absolute atomic E-state index is 12.4. The second-order valence-electron chi connectivity index (χ2n) is 4.70. The number of fused-ring (bicyclic) bond motifs is 1. The average Bonchev–Trinajstić information content (AvgIpc) is 2.89. The fourth-order valence-electron chi connectivity index (χ4n) is 2.05. The molecule has 0 bridgehead atoms. The molecule has 3 N–H and O–H groups in total. The van der Waals surface area contributed by atoms with Crippen molar-refractivity contribution in [2.45, 2.75) is 4.90 Å². The van der Waals surface area contributed by atoms with E-state index in [1.165, 1.54) is 30.3 Å². The summed E-state index contributed by atoms with van der Waals surface area (Å²) >= 11 is 3.22. The Kier molecular flexibility index (Phi) is 3.82. The molecule has 0 saturated carbocycles. The van der Waals surface area contributed by atoms with E-state index in [0.29, 0.717) is 15.4 Å². The zero-order valence-corrected chi connectivity index (χ0v) is 13.8. The van der Waals surface area contributed by atoms with E-state index in [2.05, 4.69) is 30.8 Å². The molecule has 0 atom stereocenters. The van der Waals surface area contributed by atoms with Crippen LogP contribution in [0.1, 0.15) is 10.4 Å². The lowest BCUT2D eigenvalue weighted by Gasteiger charge is -2.06. The van der Waals surface area contributed by atoms with Crippen molar-refractivity contribution in [2.24, 2.45) is 0 Å². The largest absolute Gasteiger partial charge is 0.478 e. The summed E-state index contributed by atoms with van der Waals surface area (Å²) in [7, 11) is -3.84. The number of hydrogen-bond donors (Lipinski definition) is 3. The number of nitrogens with zero attached hydrogens (tertiary/aromatic N) is 1. The lowest BCUT2D eigenvalue weighted by Crippen LogP contribution is -2.13. The molecule has 7 nitrogen and oxygen atoms in total. The minimum absolute atomic E-state index is 0.0433. The number of hydrogen-bond acceptors (Lipinski definition) is 4. The van der Waals surface area contributed by atoms with Crippen molar-refractivity contribution < 1.29 is 18.3 Å². The van der Waals surface area contributed by atoms with E-state index in [1.54, 1.807) is 12.1 Å². The van der Waals surface area contributed by atoms with E-state index in [9.17, 15) is 13.2 Å². The number of H-pyrrole nitrogens is 1. The SMILES string of the molecule is O=C(O)c1ccc2[nH]nc(NS(=O)(=O)c3cccc(Br)c3)c2c1. The Labute approximate surface area is 139 Å². The number of rotatable bonds is 4. The number of halogens is 1. The lowest BCUT2D eigenvalue weighted by molar-refractivity contribution is 0.0697. The van der Waals surface area contributed by atoms with Crippen molar-refractivity contribution in [3.8, 4) is 0 Å². The van der Waals surface area contributed by atoms with E-state index >= 15 is 0 Å². The number of aromatic nitrogens is 2. The van der Waals surface area contributed by atoms with Crippen molar-refractivity contribution in [2.75, 3.05) is 4.72 Å². The third kappa shape index (κ3) is 3.06. The van der Waals surface area contributed by atoms with Gasteiger partial charge >= 0.3 is 5.97 Å². The molecule has 9 heteroatoms. The number of carboxylic acids is 1. The highest BCUT2D eigenvalue weighted by Gasteiger charge is 2.18. The number of carboxylic acid groups (broad SMARTS) is 1. The van der Waals surface area contributed by atoms with Crippen LogP contribution in [0.3, 0.4) is 0 Å². The zero-order chi connectivity index (χ0) is 16.6. The van der Waals surface area contributed by atoms with Crippen LogP contribution < -0.4 is 4.72 Å². The molecule has 3 aromatic rings. The Morgan fingerprint density at radius 3 is 2.70 bits per heavy atom. The van der Waals surface area contributed by atoms with E-state index in [1.807, 2.05) is 0 Å². The summed E-state index contributed by atoms with van der Waals surface area (Å²) in [6.07, 6.45) is 0. The van der Waals surface area contributed by atoms with Gasteiger partial charge in [0.15, 0.2) is 5.82 Å². The highest BCUT2D eigenvalue weighted by atomic mass is 79.9. The van der Waals surface area contributed by atoms with Gasteiger partial charge in [0.1, 0.15) is 0 Å². The molecule has 0 amide bonds. The van der Waals surface area contributed by atoms with Crippen LogP contribution in [-0.2, 0) is 10.0 Å². The van der Waals surface area contributed by atoms with E-state index in [-0.39, 0.29) is 16.3 Å². The summed E-state index contributed by atoms with van der Waals surface area (Å²) in [4.78, 5) is 11.1. The first-order chi connectivity index (χ1) is 10.9. The summed E-state index contributed by atoms with van der Waals surface area (Å²) in [5, 5.41) is 16.0. The lowest BCUT2D eigenvalue weighted by atomic mass is 10.1. The standard InChI is InChI=1S/C14H10BrN3O4S/c15-9-2-1-3-10(7-9)23(21,22)18-13-11-6-8(14(19)20)4-5-12(11)16-17-13/h1-7H,(H,19,20)(H2,16,17,18). The summed E-state index contributed by atoms with van der Waals surface area (Å²) in [6.45, 7) is 0. The molecular formula is C14H10BrN3O4S. The first-order valence-corrected chi connectivity index (χ1v) is 8.64. The van der Waals surface area contributed by atoms with Crippen LogP contribution in [0.4, 0.5) is 5.82 Å². The third-order valence-corrected chi connectivity index (χ3v) is 4.98. The molecule has 0 radical (unpaired) electrons. The van der Waals surface area contributed by atoms with Gasteiger partial charge in [-0.15, -0.1) is 0 Å². The Balaban J connectivity index is 2.04. The van der Waals surface area contributed by atoms with Crippen LogP contribution >= 0.6 is 15.9 Å². The fourth-order valence-corrected chi connectivity index (χ4v) is 3.66. The molecular weight excluding hydrogens is 386 g/mol. The smallest absolute Gasteiger partial charge is 0.335 e. The number of anilines is 1. The Hall–Kier alpha value is -2.39. The van der Waals surface area contributed by atoms with Gasteiger partial charge in [0.2, 0.25) is 0 Å². The van der Waals surface area contributed by atoms with Crippen LogP contribution in [0.15, 0.2) is 51.8 Å². The molecule has 23 heavy (non-hydrogen) atoms. The number of aromatic amines is 1. The van der Waals surface area contributed by atoms with Crippen molar-refractivity contribution in [1.82, 2.24) is 10.2 Å². The summed E-state index contributed by atoms with van der Waals surface area (Å²) < 4.78 is 27.8. The second-order valence-corrected chi connectivity index (χ2v) is 7.30. The Morgan fingerprint density at radius 2 is 2.00 bits per heavy atom. The van der Waals surface area contributed by atoms with Gasteiger partial charge in [-0.05, 0) is 36.4 Å². The molecule has 0 fully saturated rings. The third-order valence-electron chi connectivity index (χ3n) is 3.15. The maximum atomic E-state index is 12.4. The zero-order valence-electron chi connectivity index (χ0n) is 11.4. The quantitative estimate of drug-likeness (QED) is 0.628. The molecule has 1 aromatic heterocycles. The minimum Gasteiger partial charge on any atom is -0.478 e. The summed E-state index contributed by atoms with van der Waals surface area (Å²) in [6, 6.07) is 10.5. The predicted octanol–water partition coefficient (Wildman–Crippen LogP) is 2.82. The average molecular weight is 396 g/mol. The van der Waals surface area contributed by atoms with Crippen LogP contribution in [-0.4, -0.2) is 29.7 Å². The summed E-state index contributed by atoms with van der Waals surface area (Å²) in [5.74, 6) is -1.06. The van der Waals surface area contributed by atoms with Gasteiger partial charge in [-0.1, -0.05) is 22.0 Å². The number of nitrogens with one attached hydrogen (secondary N) is 2. The number of sulfonamides is 1. The van der Waals surface area contributed by atoms with E-state index in [4.69, 9.17) is 5.11 Å². The monoisotopic (exact) mass is 395 g/mol. The molecule has 0 spiro atoms. The van der Waals surface area contributed by atoms with Gasteiger partial charge in [-0.25, -0.2) is 13.2 Å². The number of benzene rings is 2. The van der Waals surface area contributed by atoms with E-state index < -0.39 is 16.0 Å². The molecule has 0 aliphatic rings. The van der Waals surface area contributed by atoms with Gasteiger partial charge in [0, 0.05) is 9.86 Å². The molecule has 0 unspecified atom stereocenters. The summed E-state index contributed by atoms with van der Waals surface area (Å²) in [5.41, 5.74) is 0.573. The first kappa shape index (κ1) is 15.5. The van der Waals surface area contributed by atoms with Crippen LogP contribution in [0.2, 0.25) is 0 Å².